The van der Waals surface area contributed by atoms with Crippen molar-refractivity contribution in [1.29, 1.82) is 0 Å². The molecule has 10 heteroatoms. The van der Waals surface area contributed by atoms with E-state index in [0.29, 0.717) is 0 Å². The second-order valence-electron chi connectivity index (χ2n) is 3.66. The number of anilines is 2. The molecule has 0 saturated heterocycles. The van der Waals surface area contributed by atoms with E-state index < -0.39 is 0 Å². The molecule has 0 radical (unpaired) electrons. The van der Waals surface area contributed by atoms with Gasteiger partial charge in [0.15, 0.2) is 0 Å². The van der Waals surface area contributed by atoms with Crippen LogP contribution in [0.25, 0.3) is 5.95 Å². The fourth-order valence-electron chi connectivity index (χ4n) is 1.32. The van der Waals surface area contributed by atoms with Crippen LogP contribution in [0.5, 0.6) is 0 Å². The summed E-state index contributed by atoms with van der Waals surface area (Å²) in [4.78, 5) is 28.7. The van der Waals surface area contributed by atoms with Crippen molar-refractivity contribution in [2.24, 2.45) is 0 Å². The average molecular weight is 263 g/mol. The number of hydrogen-bond donors (Lipinski definition) is 2. The summed E-state index contributed by atoms with van der Waals surface area (Å²) < 4.78 is 1.36. The number of amides is 1. The Morgan fingerprint density at radius 2 is 2.26 bits per heavy atom. The third-order valence-corrected chi connectivity index (χ3v) is 2.25. The Kier molecular flexibility index (Phi) is 3.50. The average Bonchev–Trinajstić information content (AvgIpc) is 2.91. The first-order chi connectivity index (χ1) is 9.10. The minimum atomic E-state index is -0.163. The Labute approximate surface area is 108 Å². The smallest absolute Gasteiger partial charge is 0.258 e. The number of likely N-dealkylation sites (N-methyl/N-ethyl adjacent to an activating group) is 2. The van der Waals surface area contributed by atoms with Crippen LogP contribution >= 0.6 is 0 Å². The molecule has 0 bridgehead atoms. The number of carbonyl (C=O) groups excluding carboxylic acids is 1. The molecule has 0 unspecified atom stereocenters. The van der Waals surface area contributed by atoms with Gasteiger partial charge in [-0.15, -0.1) is 0 Å². The minimum absolute atomic E-state index is 0.0410. The van der Waals surface area contributed by atoms with Gasteiger partial charge in [-0.3, -0.25) is 4.79 Å². The van der Waals surface area contributed by atoms with Crippen LogP contribution in [0, 0.1) is 0 Å². The summed E-state index contributed by atoms with van der Waals surface area (Å²) in [7, 11) is 3.23. The first-order valence-electron chi connectivity index (χ1n) is 5.38. The van der Waals surface area contributed by atoms with Crippen molar-refractivity contribution in [1.82, 2.24) is 35.0 Å². The van der Waals surface area contributed by atoms with Crippen molar-refractivity contribution < 1.29 is 4.79 Å². The Bertz CT molecular complexity index is 567. The lowest BCUT2D eigenvalue weighted by molar-refractivity contribution is -0.119. The number of nitrogens with one attached hydrogen (secondary N) is 1. The molecule has 0 aliphatic rings. The van der Waals surface area contributed by atoms with Crippen molar-refractivity contribution in [2.45, 2.75) is 0 Å². The normalized spacial score (nSPS) is 10.2. The van der Waals surface area contributed by atoms with Gasteiger partial charge in [-0.25, -0.2) is 4.98 Å². The van der Waals surface area contributed by atoms with E-state index in [-0.39, 0.29) is 30.3 Å². The van der Waals surface area contributed by atoms with Crippen LogP contribution in [0.1, 0.15) is 0 Å². The van der Waals surface area contributed by atoms with Crippen LogP contribution in [-0.4, -0.2) is 56.3 Å². The Morgan fingerprint density at radius 1 is 1.47 bits per heavy atom. The molecule has 19 heavy (non-hydrogen) atoms. The van der Waals surface area contributed by atoms with Gasteiger partial charge in [0, 0.05) is 14.1 Å². The highest BCUT2D eigenvalue weighted by Crippen LogP contribution is 2.09. The van der Waals surface area contributed by atoms with E-state index in [1.54, 1.807) is 19.0 Å². The van der Waals surface area contributed by atoms with Gasteiger partial charge in [0.1, 0.15) is 12.7 Å². The predicted octanol–water partition coefficient (Wildman–Crippen LogP) is -1.78. The topological polar surface area (TPSA) is 128 Å². The summed E-state index contributed by atoms with van der Waals surface area (Å²) in [6.07, 6.45) is 2.80. The molecule has 2 aromatic heterocycles. The van der Waals surface area contributed by atoms with Crippen molar-refractivity contribution in [3.8, 4) is 5.95 Å². The SMILES string of the molecule is CNC(=O)CN(C)c1nc(N)nc(-n2cncn2)n1. The van der Waals surface area contributed by atoms with Gasteiger partial charge in [-0.2, -0.15) is 24.7 Å². The zero-order valence-corrected chi connectivity index (χ0v) is 10.5. The highest BCUT2D eigenvalue weighted by atomic mass is 16.1. The molecule has 0 fully saturated rings. The van der Waals surface area contributed by atoms with Gasteiger partial charge in [0.05, 0.1) is 6.54 Å². The maximum absolute atomic E-state index is 11.3. The molecule has 0 aliphatic heterocycles. The summed E-state index contributed by atoms with van der Waals surface area (Å²) in [5.41, 5.74) is 5.62. The number of carbonyl (C=O) groups is 1. The maximum Gasteiger partial charge on any atom is 0.258 e. The van der Waals surface area contributed by atoms with Crippen molar-refractivity contribution >= 4 is 17.8 Å². The standard InChI is InChI=1S/C9H13N9O/c1-11-6(19)3-17(2)8-14-7(10)15-9(16-8)18-5-12-4-13-18/h4-5H,3H2,1-2H3,(H,11,19)(H2,10,14,15,16). The van der Waals surface area contributed by atoms with E-state index in [1.807, 2.05) is 0 Å². The van der Waals surface area contributed by atoms with Gasteiger partial charge in [-0.1, -0.05) is 0 Å². The summed E-state index contributed by atoms with van der Waals surface area (Å²) in [6.45, 7) is 0.108. The molecule has 1 amide bonds. The summed E-state index contributed by atoms with van der Waals surface area (Å²) >= 11 is 0. The molecular weight excluding hydrogens is 250 g/mol. The highest BCUT2D eigenvalue weighted by Gasteiger charge is 2.12. The summed E-state index contributed by atoms with van der Waals surface area (Å²) in [5.74, 6) is 0.397. The van der Waals surface area contributed by atoms with Crippen molar-refractivity contribution in [3.05, 3.63) is 12.7 Å². The number of nitrogens with two attached hydrogens (primary N) is 1. The van der Waals surface area contributed by atoms with Crippen molar-refractivity contribution in [3.63, 3.8) is 0 Å². The number of hydrogen-bond acceptors (Lipinski definition) is 8. The lowest BCUT2D eigenvalue weighted by Gasteiger charge is -2.16. The van der Waals surface area contributed by atoms with Gasteiger partial charge < -0.3 is 16.0 Å². The van der Waals surface area contributed by atoms with Gasteiger partial charge >= 0.3 is 0 Å². The van der Waals surface area contributed by atoms with E-state index in [1.165, 1.54) is 17.3 Å². The van der Waals surface area contributed by atoms with E-state index in [2.05, 4.69) is 30.4 Å². The quantitative estimate of drug-likeness (QED) is 0.662. The molecule has 2 heterocycles. The van der Waals surface area contributed by atoms with Crippen LogP contribution in [0.2, 0.25) is 0 Å². The van der Waals surface area contributed by atoms with Crippen LogP contribution in [-0.2, 0) is 4.79 Å². The first-order valence-corrected chi connectivity index (χ1v) is 5.38. The third-order valence-electron chi connectivity index (χ3n) is 2.25. The number of aromatic nitrogens is 6. The second-order valence-corrected chi connectivity index (χ2v) is 3.66. The first kappa shape index (κ1) is 12.7. The fraction of sp³-hybridized carbons (Fsp3) is 0.333. The third kappa shape index (κ3) is 2.91. The second kappa shape index (κ2) is 5.25. The molecule has 0 atom stereocenters. The zero-order chi connectivity index (χ0) is 13.8. The van der Waals surface area contributed by atoms with Gasteiger partial charge in [0.2, 0.25) is 17.8 Å². The molecule has 0 spiro atoms. The molecule has 3 N–H and O–H groups in total. The Balaban J connectivity index is 2.29. The van der Waals surface area contributed by atoms with E-state index in [0.717, 1.165) is 0 Å². The number of nitrogens with zero attached hydrogens (tertiary/aromatic N) is 7. The Hall–Kier alpha value is -2.78. The van der Waals surface area contributed by atoms with Crippen LogP contribution in [0.4, 0.5) is 11.9 Å². The number of rotatable bonds is 4. The fourth-order valence-corrected chi connectivity index (χ4v) is 1.32. The molecular formula is C9H13N9O. The highest BCUT2D eigenvalue weighted by molar-refractivity contribution is 5.80. The molecule has 0 aromatic carbocycles. The lowest BCUT2D eigenvalue weighted by Crippen LogP contribution is -2.34. The molecule has 100 valence electrons. The Morgan fingerprint density at radius 3 is 2.89 bits per heavy atom. The monoisotopic (exact) mass is 263 g/mol. The predicted molar refractivity (Wildman–Crippen MR) is 66.5 cm³/mol. The van der Waals surface area contributed by atoms with Crippen LogP contribution in [0.15, 0.2) is 12.7 Å². The summed E-state index contributed by atoms with van der Waals surface area (Å²) in [5, 5.41) is 6.42. The minimum Gasteiger partial charge on any atom is -0.368 e. The summed E-state index contributed by atoms with van der Waals surface area (Å²) in [6, 6.07) is 0. The van der Waals surface area contributed by atoms with E-state index >= 15 is 0 Å². The van der Waals surface area contributed by atoms with E-state index in [4.69, 9.17) is 5.73 Å². The molecule has 2 rings (SSSR count). The molecule has 0 saturated carbocycles. The van der Waals surface area contributed by atoms with Crippen molar-refractivity contribution in [2.75, 3.05) is 31.3 Å². The molecule has 2 aromatic rings. The molecule has 0 aliphatic carbocycles. The van der Waals surface area contributed by atoms with Gasteiger partial charge in [0.25, 0.3) is 5.95 Å². The van der Waals surface area contributed by atoms with Crippen LogP contribution in [0.3, 0.4) is 0 Å². The van der Waals surface area contributed by atoms with Gasteiger partial charge in [-0.05, 0) is 0 Å². The van der Waals surface area contributed by atoms with Crippen LogP contribution < -0.4 is 16.0 Å². The largest absolute Gasteiger partial charge is 0.368 e. The number of nitrogen functional groups attached to an aromatic ring is 1. The maximum atomic E-state index is 11.3. The van der Waals surface area contributed by atoms with E-state index in [9.17, 15) is 4.79 Å². The lowest BCUT2D eigenvalue weighted by atomic mass is 10.5. The zero-order valence-electron chi connectivity index (χ0n) is 10.5. The molecule has 10 nitrogen and oxygen atoms in total.